The Kier molecular flexibility index (Phi) is 6.70. The largest absolute Gasteiger partial charge is 0.479 e. The zero-order valence-corrected chi connectivity index (χ0v) is 18.2. The van der Waals surface area contributed by atoms with E-state index in [-0.39, 0.29) is 29.4 Å². The molecule has 0 aromatic carbocycles. The Balaban J connectivity index is 1.28. The summed E-state index contributed by atoms with van der Waals surface area (Å²) in [6.45, 7) is 0.266. The number of nitrogens with zero attached hydrogens (tertiary/aromatic N) is 5. The van der Waals surface area contributed by atoms with Gasteiger partial charge in [-0.05, 0) is 6.07 Å². The number of ether oxygens (including phenoxy) is 3. The van der Waals surface area contributed by atoms with Gasteiger partial charge in [-0.15, -0.1) is 0 Å². The summed E-state index contributed by atoms with van der Waals surface area (Å²) in [6.07, 6.45) is -0.129. The number of hydrogen-bond donors (Lipinski definition) is 0. The molecule has 2 saturated heterocycles. The molecule has 4 heterocycles. The van der Waals surface area contributed by atoms with E-state index in [0.717, 1.165) is 0 Å². The Morgan fingerprint density at radius 1 is 1.15 bits per heavy atom. The monoisotopic (exact) mass is 481 g/mol. The van der Waals surface area contributed by atoms with Crippen LogP contribution in [-0.2, 0) is 14.3 Å². The van der Waals surface area contributed by atoms with Gasteiger partial charge in [-0.25, -0.2) is 15.0 Å². The fourth-order valence-electron chi connectivity index (χ4n) is 3.66. The van der Waals surface area contributed by atoms with E-state index >= 15 is 0 Å². The van der Waals surface area contributed by atoms with Crippen LogP contribution >= 0.6 is 0 Å². The lowest BCUT2D eigenvalue weighted by molar-refractivity contribution is -0.154. The number of pyridine rings is 1. The predicted molar refractivity (Wildman–Crippen MR) is 112 cm³/mol. The lowest BCUT2D eigenvalue weighted by Crippen LogP contribution is -2.48. The van der Waals surface area contributed by atoms with Crippen LogP contribution in [0.15, 0.2) is 30.7 Å². The minimum atomic E-state index is -4.46. The zero-order chi connectivity index (χ0) is 24.3. The van der Waals surface area contributed by atoms with Gasteiger partial charge < -0.3 is 24.0 Å². The van der Waals surface area contributed by atoms with E-state index in [9.17, 15) is 22.8 Å². The molecule has 2 aliphatic heterocycles. The molecule has 0 aliphatic carbocycles. The van der Waals surface area contributed by atoms with E-state index in [1.165, 1.54) is 30.3 Å². The quantitative estimate of drug-likeness (QED) is 0.523. The van der Waals surface area contributed by atoms with Crippen LogP contribution < -0.4 is 19.3 Å². The summed E-state index contributed by atoms with van der Waals surface area (Å²) in [6, 6.07) is 2.64. The molecule has 0 unspecified atom stereocenters. The Bertz CT molecular complexity index is 1010. The highest BCUT2D eigenvalue weighted by Gasteiger charge is 2.36. The third-order valence-electron chi connectivity index (χ3n) is 5.39. The van der Waals surface area contributed by atoms with Crippen LogP contribution in [0.25, 0.3) is 0 Å². The van der Waals surface area contributed by atoms with Crippen molar-refractivity contribution in [1.29, 1.82) is 0 Å². The van der Waals surface area contributed by atoms with Gasteiger partial charge in [0.1, 0.15) is 5.75 Å². The fraction of sp³-hybridized carbons (Fsp3) is 0.476. The van der Waals surface area contributed by atoms with Gasteiger partial charge in [0.25, 0.3) is 5.91 Å². The molecular formula is C21H22F3N5O5. The highest BCUT2D eigenvalue weighted by molar-refractivity contribution is 5.98. The first-order valence-electron chi connectivity index (χ1n) is 10.5. The summed E-state index contributed by atoms with van der Waals surface area (Å²) >= 11 is 0. The molecule has 2 aliphatic rings. The second kappa shape index (κ2) is 9.69. The summed E-state index contributed by atoms with van der Waals surface area (Å²) in [5.74, 6) is 0.241. The number of aromatic nitrogens is 3. The van der Waals surface area contributed by atoms with Gasteiger partial charge in [-0.1, -0.05) is 0 Å². The Morgan fingerprint density at radius 3 is 2.50 bits per heavy atom. The molecule has 10 nitrogen and oxygen atoms in total. The summed E-state index contributed by atoms with van der Waals surface area (Å²) in [4.78, 5) is 40.0. The van der Waals surface area contributed by atoms with Gasteiger partial charge in [0.05, 0.1) is 37.8 Å². The molecule has 13 heteroatoms. The zero-order valence-electron chi connectivity index (χ0n) is 18.2. The molecular weight excluding hydrogens is 459 g/mol. The molecule has 0 bridgehead atoms. The van der Waals surface area contributed by atoms with E-state index < -0.39 is 18.9 Å². The van der Waals surface area contributed by atoms with Gasteiger partial charge >= 0.3 is 12.1 Å². The van der Waals surface area contributed by atoms with Gasteiger partial charge in [0.15, 0.2) is 12.7 Å². The maximum atomic E-state index is 12.8. The van der Waals surface area contributed by atoms with Crippen molar-refractivity contribution in [3.05, 3.63) is 30.7 Å². The van der Waals surface area contributed by atoms with E-state index in [1.54, 1.807) is 12.4 Å². The van der Waals surface area contributed by atoms with Crippen molar-refractivity contribution in [3.63, 3.8) is 0 Å². The minimum absolute atomic E-state index is 0.194. The molecule has 2 aromatic heterocycles. The first kappa shape index (κ1) is 23.5. The van der Waals surface area contributed by atoms with Gasteiger partial charge in [0.2, 0.25) is 11.8 Å². The van der Waals surface area contributed by atoms with Crippen LogP contribution in [0.4, 0.5) is 24.8 Å². The van der Waals surface area contributed by atoms with Crippen molar-refractivity contribution >= 4 is 23.5 Å². The van der Waals surface area contributed by atoms with E-state index in [0.29, 0.717) is 44.1 Å². The second-order valence-electron chi connectivity index (χ2n) is 7.91. The average Bonchev–Trinajstić information content (AvgIpc) is 3.15. The number of carbonyl (C=O) groups excluding carboxylic acids is 2. The topological polar surface area (TPSA) is 107 Å². The van der Waals surface area contributed by atoms with Crippen LogP contribution in [0, 0.1) is 5.92 Å². The number of hydrogen-bond acceptors (Lipinski definition) is 9. The van der Waals surface area contributed by atoms with Crippen molar-refractivity contribution in [1.82, 2.24) is 15.0 Å². The average molecular weight is 481 g/mol. The smallest absolute Gasteiger partial charge is 0.422 e. The van der Waals surface area contributed by atoms with Crippen LogP contribution in [0.2, 0.25) is 0 Å². The summed E-state index contributed by atoms with van der Waals surface area (Å²) < 4.78 is 51.5. The normalized spacial score (nSPS) is 18.6. The predicted octanol–water partition coefficient (Wildman–Crippen LogP) is 2.00. The van der Waals surface area contributed by atoms with Gasteiger partial charge in [0, 0.05) is 38.0 Å². The molecule has 0 saturated carbocycles. The summed E-state index contributed by atoms with van der Waals surface area (Å²) in [5, 5.41) is 0. The lowest BCUT2D eigenvalue weighted by Gasteiger charge is -2.38. The summed E-state index contributed by atoms with van der Waals surface area (Å²) in [7, 11) is 1.36. The van der Waals surface area contributed by atoms with Crippen molar-refractivity contribution in [2.45, 2.75) is 25.1 Å². The van der Waals surface area contributed by atoms with Crippen molar-refractivity contribution in [2.75, 3.05) is 43.2 Å². The van der Waals surface area contributed by atoms with E-state index in [2.05, 4.69) is 24.4 Å². The first-order chi connectivity index (χ1) is 16.2. The highest BCUT2D eigenvalue weighted by Crippen LogP contribution is 2.28. The number of amides is 1. The molecule has 1 amide bonds. The van der Waals surface area contributed by atoms with Crippen molar-refractivity contribution in [3.8, 4) is 11.6 Å². The first-order valence-corrected chi connectivity index (χ1v) is 10.5. The Morgan fingerprint density at radius 2 is 1.88 bits per heavy atom. The molecule has 4 rings (SSSR count). The third kappa shape index (κ3) is 5.64. The molecule has 182 valence electrons. The highest BCUT2D eigenvalue weighted by atomic mass is 19.4. The van der Waals surface area contributed by atoms with E-state index in [4.69, 9.17) is 4.74 Å². The van der Waals surface area contributed by atoms with Gasteiger partial charge in [-0.2, -0.15) is 13.2 Å². The number of alkyl halides is 3. The molecule has 1 atom stereocenters. The molecule has 0 radical (unpaired) electrons. The molecule has 0 N–H and O–H groups in total. The van der Waals surface area contributed by atoms with Crippen LogP contribution in [-0.4, -0.2) is 72.5 Å². The second-order valence-corrected chi connectivity index (χ2v) is 7.91. The number of rotatable bonds is 8. The number of esters is 1. The number of halogens is 3. The fourth-order valence-corrected chi connectivity index (χ4v) is 3.66. The maximum absolute atomic E-state index is 12.8. The van der Waals surface area contributed by atoms with Crippen molar-refractivity contribution < 1.29 is 37.0 Å². The Labute approximate surface area is 192 Å². The lowest BCUT2D eigenvalue weighted by atomic mass is 9.97. The minimum Gasteiger partial charge on any atom is -0.479 e. The van der Waals surface area contributed by atoms with E-state index in [1.807, 2.05) is 4.90 Å². The molecule has 34 heavy (non-hydrogen) atoms. The molecule has 2 fully saturated rings. The van der Waals surface area contributed by atoms with Crippen LogP contribution in [0.1, 0.15) is 12.8 Å². The number of anilines is 2. The summed E-state index contributed by atoms with van der Waals surface area (Å²) in [5.41, 5.74) is 0.528. The van der Waals surface area contributed by atoms with Crippen molar-refractivity contribution in [2.24, 2.45) is 5.92 Å². The van der Waals surface area contributed by atoms with Gasteiger partial charge in [-0.3, -0.25) is 9.59 Å². The third-order valence-corrected chi connectivity index (χ3v) is 5.39. The van der Waals surface area contributed by atoms with Crippen LogP contribution in [0.3, 0.4) is 0 Å². The Hall–Kier alpha value is -3.64. The molecule has 2 aromatic rings. The number of carbonyl (C=O) groups is 2. The standard InChI is InChI=1S/C21H22F3N5O5/c1-32-18(30)6-13-10-28(11-13)20-26-7-14(8-27-20)29-5-4-16(19(29)31)34-15-2-3-17(25-9-15)33-12-21(22,23)24/h2-3,7-9,13,16H,4-6,10-12H2,1H3/t16-/m1/s1. The maximum Gasteiger partial charge on any atom is 0.422 e. The number of methoxy groups -OCH3 is 1. The van der Waals surface area contributed by atoms with Crippen LogP contribution in [0.5, 0.6) is 11.6 Å². The SMILES string of the molecule is COC(=O)CC1CN(c2ncc(N3CC[C@@H](Oc4ccc(OCC(F)(F)F)nc4)C3=O)cn2)C1. The molecule has 0 spiro atoms.